The molecular weight excluding hydrogens is 298 g/mol. The number of esters is 2. The van der Waals surface area contributed by atoms with Crippen molar-refractivity contribution in [2.24, 2.45) is 16.8 Å². The average molecular weight is 323 g/mol. The van der Waals surface area contributed by atoms with Crippen molar-refractivity contribution in [2.45, 2.75) is 45.8 Å². The molecule has 6 heteroatoms. The number of ether oxygens (including phenoxy) is 3. The quantitative estimate of drug-likeness (QED) is 0.295. The third kappa shape index (κ3) is 4.41. The van der Waals surface area contributed by atoms with E-state index in [0.717, 1.165) is 18.6 Å². The van der Waals surface area contributed by atoms with Gasteiger partial charge in [-0.25, -0.2) is 0 Å². The van der Waals surface area contributed by atoms with Crippen LogP contribution in [-0.2, 0) is 23.8 Å². The second-order valence-electron chi connectivity index (χ2n) is 6.02. The Hall–Kier alpha value is -1.69. The van der Waals surface area contributed by atoms with E-state index in [1.807, 2.05) is 32.9 Å². The van der Waals surface area contributed by atoms with Crippen molar-refractivity contribution >= 4 is 17.7 Å². The van der Waals surface area contributed by atoms with Crippen LogP contribution >= 0.6 is 0 Å². The van der Waals surface area contributed by atoms with Crippen LogP contribution in [0.3, 0.4) is 0 Å². The molecule has 0 saturated carbocycles. The summed E-state index contributed by atoms with van der Waals surface area (Å²) in [6.45, 7) is 6.81. The number of carbonyl (C=O) groups is 2. The fraction of sp³-hybridized carbons (Fsp3) is 0.706. The van der Waals surface area contributed by atoms with Gasteiger partial charge in [-0.05, 0) is 20.3 Å². The number of unbranched alkanes of at least 4 members (excludes halogenated alkanes) is 1. The van der Waals surface area contributed by atoms with Crippen molar-refractivity contribution in [1.29, 1.82) is 0 Å². The predicted molar refractivity (Wildman–Crippen MR) is 85.3 cm³/mol. The Morgan fingerprint density at radius 1 is 1.04 bits per heavy atom. The van der Waals surface area contributed by atoms with Gasteiger partial charge < -0.3 is 14.2 Å². The molecule has 0 radical (unpaired) electrons. The van der Waals surface area contributed by atoms with Crippen molar-refractivity contribution in [3.05, 3.63) is 12.2 Å². The standard InChI is InChI=1S/C17H25NO5/c1-4-5-9-21-16(19)14-12-6-7-13(23-12)15(14)17(20)22-10-8-18-11(2)3/h6-7,12-15H,4-5,8-10H2,1-3H3/t12-,13+,14+,15-/m0/s1. The smallest absolute Gasteiger partial charge is 0.312 e. The molecule has 2 rings (SSSR count). The summed E-state index contributed by atoms with van der Waals surface area (Å²) in [4.78, 5) is 28.8. The first-order chi connectivity index (χ1) is 11.0. The van der Waals surface area contributed by atoms with Crippen LogP contribution < -0.4 is 0 Å². The fourth-order valence-corrected chi connectivity index (χ4v) is 2.80. The van der Waals surface area contributed by atoms with Gasteiger partial charge in [-0.3, -0.25) is 14.6 Å². The molecule has 1 fully saturated rings. The molecule has 0 aliphatic carbocycles. The molecule has 2 aliphatic rings. The highest BCUT2D eigenvalue weighted by Crippen LogP contribution is 2.40. The van der Waals surface area contributed by atoms with Crippen LogP contribution in [0.4, 0.5) is 0 Å². The Morgan fingerprint density at radius 3 is 2.13 bits per heavy atom. The molecule has 0 spiro atoms. The van der Waals surface area contributed by atoms with Gasteiger partial charge in [0.1, 0.15) is 18.4 Å². The van der Waals surface area contributed by atoms with E-state index in [-0.39, 0.29) is 18.7 Å². The molecule has 0 aromatic heterocycles. The highest BCUT2D eigenvalue weighted by atomic mass is 16.6. The summed E-state index contributed by atoms with van der Waals surface area (Å²) in [5.74, 6) is -2.01. The summed E-state index contributed by atoms with van der Waals surface area (Å²) < 4.78 is 16.2. The lowest BCUT2D eigenvalue weighted by molar-refractivity contribution is -0.159. The molecule has 128 valence electrons. The lowest BCUT2D eigenvalue weighted by atomic mass is 9.83. The number of hydrogen-bond acceptors (Lipinski definition) is 6. The van der Waals surface area contributed by atoms with Gasteiger partial charge >= 0.3 is 11.9 Å². The molecule has 0 unspecified atom stereocenters. The molecule has 0 amide bonds. The van der Waals surface area contributed by atoms with Crippen LogP contribution in [0.15, 0.2) is 17.1 Å². The predicted octanol–water partition coefficient (Wildman–Crippen LogP) is 1.92. The van der Waals surface area contributed by atoms with Crippen molar-refractivity contribution in [3.63, 3.8) is 0 Å². The minimum atomic E-state index is -0.620. The second-order valence-corrected chi connectivity index (χ2v) is 6.02. The third-order valence-corrected chi connectivity index (χ3v) is 3.95. The topological polar surface area (TPSA) is 74.2 Å². The largest absolute Gasteiger partial charge is 0.465 e. The molecule has 2 bridgehead atoms. The summed E-state index contributed by atoms with van der Waals surface area (Å²) in [6.07, 6.45) is 4.62. The highest BCUT2D eigenvalue weighted by molar-refractivity contribution is 5.85. The normalized spacial score (nSPS) is 27.8. The first-order valence-corrected chi connectivity index (χ1v) is 8.19. The summed E-state index contributed by atoms with van der Waals surface area (Å²) in [6, 6.07) is 0. The average Bonchev–Trinajstić information content (AvgIpc) is 3.12. The molecule has 0 N–H and O–H groups in total. The van der Waals surface area contributed by atoms with Crippen LogP contribution in [0.5, 0.6) is 0 Å². The van der Waals surface area contributed by atoms with E-state index in [9.17, 15) is 9.59 Å². The number of hydrogen-bond donors (Lipinski definition) is 0. The van der Waals surface area contributed by atoms with Gasteiger partial charge in [0.2, 0.25) is 0 Å². The monoisotopic (exact) mass is 323 g/mol. The maximum Gasteiger partial charge on any atom is 0.312 e. The molecular formula is C17H25NO5. The third-order valence-electron chi connectivity index (χ3n) is 3.95. The number of aliphatic imine (C=N–C) groups is 1. The minimum absolute atomic E-state index is 0.208. The Balaban J connectivity index is 1.92. The van der Waals surface area contributed by atoms with Gasteiger partial charge in [-0.1, -0.05) is 25.5 Å². The van der Waals surface area contributed by atoms with Gasteiger partial charge in [0, 0.05) is 5.71 Å². The number of rotatable bonds is 8. The number of fused-ring (bicyclic) bond motifs is 2. The summed E-state index contributed by atoms with van der Waals surface area (Å²) >= 11 is 0. The Labute approximate surface area is 136 Å². The van der Waals surface area contributed by atoms with E-state index >= 15 is 0 Å². The van der Waals surface area contributed by atoms with Gasteiger partial charge in [0.05, 0.1) is 25.4 Å². The first kappa shape index (κ1) is 17.7. The van der Waals surface area contributed by atoms with Gasteiger partial charge in [0.25, 0.3) is 0 Å². The maximum atomic E-state index is 12.3. The van der Waals surface area contributed by atoms with E-state index < -0.39 is 23.9 Å². The van der Waals surface area contributed by atoms with Crippen LogP contribution in [-0.4, -0.2) is 49.6 Å². The molecule has 23 heavy (non-hydrogen) atoms. The molecule has 0 aromatic rings. The van der Waals surface area contributed by atoms with E-state index in [2.05, 4.69) is 4.99 Å². The summed E-state index contributed by atoms with van der Waals surface area (Å²) in [5, 5.41) is 0. The maximum absolute atomic E-state index is 12.3. The molecule has 4 atom stereocenters. The molecule has 2 aliphatic heterocycles. The van der Waals surface area contributed by atoms with Crippen LogP contribution in [0.2, 0.25) is 0 Å². The number of nitrogens with zero attached hydrogens (tertiary/aromatic N) is 1. The van der Waals surface area contributed by atoms with E-state index in [0.29, 0.717) is 13.2 Å². The lowest BCUT2D eigenvalue weighted by Crippen LogP contribution is -2.38. The van der Waals surface area contributed by atoms with E-state index in [1.54, 1.807) is 0 Å². The summed E-state index contributed by atoms with van der Waals surface area (Å²) in [5.41, 5.74) is 0.935. The van der Waals surface area contributed by atoms with Crippen molar-refractivity contribution in [3.8, 4) is 0 Å². The van der Waals surface area contributed by atoms with Crippen molar-refractivity contribution < 1.29 is 23.8 Å². The van der Waals surface area contributed by atoms with Gasteiger partial charge in [-0.2, -0.15) is 0 Å². The number of carbonyl (C=O) groups excluding carboxylic acids is 2. The van der Waals surface area contributed by atoms with Crippen LogP contribution in [0.25, 0.3) is 0 Å². The zero-order valence-corrected chi connectivity index (χ0v) is 14.0. The molecule has 0 aromatic carbocycles. The minimum Gasteiger partial charge on any atom is -0.465 e. The molecule has 2 heterocycles. The van der Waals surface area contributed by atoms with Crippen molar-refractivity contribution in [2.75, 3.05) is 19.8 Å². The summed E-state index contributed by atoms with van der Waals surface area (Å²) in [7, 11) is 0. The Morgan fingerprint density at radius 2 is 1.61 bits per heavy atom. The van der Waals surface area contributed by atoms with Crippen LogP contribution in [0, 0.1) is 11.8 Å². The van der Waals surface area contributed by atoms with Gasteiger partial charge in [0.15, 0.2) is 0 Å². The van der Waals surface area contributed by atoms with Crippen LogP contribution in [0.1, 0.15) is 33.6 Å². The zero-order valence-electron chi connectivity index (χ0n) is 14.0. The molecule has 6 nitrogen and oxygen atoms in total. The Bertz CT molecular complexity index is 495. The van der Waals surface area contributed by atoms with E-state index in [4.69, 9.17) is 14.2 Å². The lowest BCUT2D eigenvalue weighted by Gasteiger charge is -2.22. The Kier molecular flexibility index (Phi) is 6.33. The fourth-order valence-electron chi connectivity index (χ4n) is 2.80. The van der Waals surface area contributed by atoms with E-state index in [1.165, 1.54) is 0 Å². The van der Waals surface area contributed by atoms with Crippen molar-refractivity contribution in [1.82, 2.24) is 0 Å². The molecule has 1 saturated heterocycles. The highest BCUT2D eigenvalue weighted by Gasteiger charge is 2.54. The zero-order chi connectivity index (χ0) is 16.8. The first-order valence-electron chi connectivity index (χ1n) is 8.19. The SMILES string of the molecule is CCCCOC(=O)[C@H]1[C@@H](C(=O)OCCN=C(C)C)[C@H]2C=C[C@@H]1O2. The second kappa shape index (κ2) is 8.24. The van der Waals surface area contributed by atoms with Gasteiger partial charge in [-0.15, -0.1) is 0 Å².